The first-order valence-corrected chi connectivity index (χ1v) is 13.9. The Hall–Kier alpha value is -5.22. The minimum atomic E-state index is -0.674. The number of thioether (sulfide) groups is 1. The fourth-order valence-electron chi connectivity index (χ4n) is 3.94. The van der Waals surface area contributed by atoms with Crippen molar-refractivity contribution < 1.29 is 19.3 Å². The number of amides is 3. The Bertz CT molecular complexity index is 1670. The molecule has 0 spiro atoms. The van der Waals surface area contributed by atoms with E-state index in [2.05, 4.69) is 16.0 Å². The van der Waals surface area contributed by atoms with E-state index in [1.165, 1.54) is 36.0 Å². The molecule has 3 N–H and O–H groups in total. The molecule has 4 aromatic rings. The summed E-state index contributed by atoms with van der Waals surface area (Å²) in [4.78, 5) is 50.6. The summed E-state index contributed by atoms with van der Waals surface area (Å²) in [5, 5.41) is 19.8. The predicted octanol–water partition coefficient (Wildman–Crippen LogP) is 6.35. The van der Waals surface area contributed by atoms with Crippen LogP contribution in [0.25, 0.3) is 6.08 Å². The van der Waals surface area contributed by atoms with E-state index in [1.54, 1.807) is 54.6 Å². The summed E-state index contributed by atoms with van der Waals surface area (Å²) < 4.78 is 0. The van der Waals surface area contributed by atoms with Crippen LogP contribution >= 0.6 is 11.8 Å². The van der Waals surface area contributed by atoms with Crippen LogP contribution in [-0.2, 0) is 9.59 Å². The maximum absolute atomic E-state index is 13.4. The maximum Gasteiger partial charge on any atom is 0.276 e. The van der Waals surface area contributed by atoms with Gasteiger partial charge in [0.2, 0.25) is 5.91 Å². The Labute approximate surface area is 247 Å². The van der Waals surface area contributed by atoms with Gasteiger partial charge in [0.05, 0.1) is 16.2 Å². The number of benzene rings is 4. The van der Waals surface area contributed by atoms with Gasteiger partial charge in [-0.15, -0.1) is 11.8 Å². The molecule has 10 heteroatoms. The molecule has 0 atom stereocenters. The minimum absolute atomic E-state index is 0.153. The van der Waals surface area contributed by atoms with Crippen molar-refractivity contribution in [3.63, 3.8) is 0 Å². The van der Waals surface area contributed by atoms with E-state index in [0.29, 0.717) is 11.3 Å². The number of para-hydroxylation sites is 1. The molecule has 0 aliphatic carbocycles. The average molecular weight is 581 g/mol. The highest BCUT2D eigenvalue weighted by molar-refractivity contribution is 8.00. The van der Waals surface area contributed by atoms with E-state index in [1.807, 2.05) is 38.1 Å². The lowest BCUT2D eigenvalue weighted by molar-refractivity contribution is -0.385. The Morgan fingerprint density at radius 1 is 0.857 bits per heavy atom. The van der Waals surface area contributed by atoms with Crippen molar-refractivity contribution in [1.82, 2.24) is 5.32 Å². The highest BCUT2D eigenvalue weighted by Gasteiger charge is 2.18. The highest BCUT2D eigenvalue weighted by Crippen LogP contribution is 2.24. The molecule has 0 saturated heterocycles. The van der Waals surface area contributed by atoms with E-state index in [0.717, 1.165) is 21.7 Å². The topological polar surface area (TPSA) is 130 Å². The molecule has 0 heterocycles. The van der Waals surface area contributed by atoms with Crippen molar-refractivity contribution in [3.8, 4) is 0 Å². The van der Waals surface area contributed by atoms with Gasteiger partial charge in [0, 0.05) is 27.9 Å². The molecular weight excluding hydrogens is 552 g/mol. The fourth-order valence-corrected chi connectivity index (χ4v) is 4.70. The number of carbonyl (C=O) groups excluding carboxylic acids is 3. The first-order chi connectivity index (χ1) is 20.2. The van der Waals surface area contributed by atoms with Gasteiger partial charge in [-0.2, -0.15) is 0 Å². The molecule has 0 fully saturated rings. The summed E-state index contributed by atoms with van der Waals surface area (Å²) in [6.07, 6.45) is 1.27. The number of carbonyl (C=O) groups is 3. The molecule has 4 aromatic carbocycles. The van der Waals surface area contributed by atoms with Gasteiger partial charge in [-0.3, -0.25) is 24.5 Å². The third-order valence-corrected chi connectivity index (χ3v) is 7.08. The molecule has 0 bridgehead atoms. The zero-order valence-corrected chi connectivity index (χ0v) is 23.7. The Morgan fingerprint density at radius 2 is 1.60 bits per heavy atom. The van der Waals surface area contributed by atoms with Crippen LogP contribution in [0.4, 0.5) is 17.1 Å². The molecule has 9 nitrogen and oxygen atoms in total. The number of nitrogens with zero attached hydrogens (tertiary/aromatic N) is 1. The lowest BCUT2D eigenvalue weighted by Gasteiger charge is -2.12. The zero-order chi connectivity index (χ0) is 30.1. The molecule has 0 aliphatic heterocycles. The number of rotatable bonds is 10. The van der Waals surface area contributed by atoms with E-state index >= 15 is 0 Å². The van der Waals surface area contributed by atoms with Crippen molar-refractivity contribution >= 4 is 52.6 Å². The van der Waals surface area contributed by atoms with Crippen LogP contribution in [0.2, 0.25) is 0 Å². The molecule has 0 saturated carbocycles. The summed E-state index contributed by atoms with van der Waals surface area (Å²) in [7, 11) is 0. The van der Waals surface area contributed by atoms with E-state index in [4.69, 9.17) is 0 Å². The molecular formula is C32H28N4O5S. The zero-order valence-electron chi connectivity index (χ0n) is 22.9. The molecule has 0 aromatic heterocycles. The molecule has 4 rings (SSSR count). The number of nitro benzene ring substituents is 1. The summed E-state index contributed by atoms with van der Waals surface area (Å²) >= 11 is 1.30. The predicted molar refractivity (Wildman–Crippen MR) is 165 cm³/mol. The summed E-state index contributed by atoms with van der Waals surface area (Å²) in [6, 6.07) is 27.0. The lowest BCUT2D eigenvalue weighted by atomic mass is 10.1. The molecule has 0 unspecified atom stereocenters. The van der Waals surface area contributed by atoms with Crippen LogP contribution < -0.4 is 16.0 Å². The lowest BCUT2D eigenvalue weighted by Crippen LogP contribution is -2.30. The third-order valence-electron chi connectivity index (χ3n) is 6.09. The quantitative estimate of drug-likeness (QED) is 0.0867. The SMILES string of the molecule is Cc1ccc(C)c(NC(=O)CSc2cccc(NC(=O)/C(=C\c3ccccc3[N+](=O)[O-])NC(=O)c3ccccc3)c2)c1. The molecule has 42 heavy (non-hydrogen) atoms. The van der Waals surface area contributed by atoms with Crippen LogP contribution in [0.5, 0.6) is 0 Å². The molecule has 0 aliphatic rings. The van der Waals surface area contributed by atoms with Crippen molar-refractivity contribution in [2.45, 2.75) is 18.7 Å². The number of nitro groups is 1. The number of anilines is 2. The monoisotopic (exact) mass is 580 g/mol. The third kappa shape index (κ3) is 8.15. The average Bonchev–Trinajstić information content (AvgIpc) is 2.98. The highest BCUT2D eigenvalue weighted by atomic mass is 32.2. The van der Waals surface area contributed by atoms with Crippen molar-refractivity contribution in [1.29, 1.82) is 0 Å². The van der Waals surface area contributed by atoms with Crippen molar-refractivity contribution in [3.05, 3.63) is 135 Å². The molecule has 0 radical (unpaired) electrons. The largest absolute Gasteiger partial charge is 0.325 e. The first-order valence-electron chi connectivity index (χ1n) is 12.9. The standard InChI is InChI=1S/C32H28N4O5S/c1-21-15-16-22(2)27(17-21)34-30(37)20-42-26-13-8-12-25(19-26)33-32(39)28(35-31(38)23-9-4-3-5-10-23)18-24-11-6-7-14-29(24)36(40)41/h3-19H,20H2,1-2H3,(H,33,39)(H,34,37)(H,35,38)/b28-18+. The molecule has 212 valence electrons. The first kappa shape index (κ1) is 29.8. The van der Waals surface area contributed by atoms with Gasteiger partial charge in [-0.25, -0.2) is 0 Å². The van der Waals surface area contributed by atoms with Gasteiger partial charge >= 0.3 is 0 Å². The van der Waals surface area contributed by atoms with Crippen LogP contribution in [-0.4, -0.2) is 28.4 Å². The van der Waals surface area contributed by atoms with Crippen molar-refractivity contribution in [2.75, 3.05) is 16.4 Å². The van der Waals surface area contributed by atoms with Gasteiger partial charge in [-0.05, 0) is 73.5 Å². The number of hydrogen-bond donors (Lipinski definition) is 3. The summed E-state index contributed by atoms with van der Waals surface area (Å²) in [5.74, 6) is -1.23. The smallest absolute Gasteiger partial charge is 0.276 e. The number of aryl methyl sites for hydroxylation is 2. The Balaban J connectivity index is 1.50. The summed E-state index contributed by atoms with van der Waals surface area (Å²) in [6.45, 7) is 3.88. The number of nitrogens with one attached hydrogen (secondary N) is 3. The van der Waals surface area contributed by atoms with E-state index in [9.17, 15) is 24.5 Å². The second-order valence-corrected chi connectivity index (χ2v) is 10.4. The van der Waals surface area contributed by atoms with Crippen LogP contribution in [0.3, 0.4) is 0 Å². The Morgan fingerprint density at radius 3 is 2.36 bits per heavy atom. The van der Waals surface area contributed by atoms with E-state index < -0.39 is 16.7 Å². The Kier molecular flexibility index (Phi) is 9.85. The number of hydrogen-bond acceptors (Lipinski definition) is 6. The van der Waals surface area contributed by atoms with Gasteiger partial charge in [0.25, 0.3) is 17.5 Å². The van der Waals surface area contributed by atoms with Crippen molar-refractivity contribution in [2.24, 2.45) is 0 Å². The second kappa shape index (κ2) is 13.9. The van der Waals surface area contributed by atoms with Gasteiger partial charge in [0.1, 0.15) is 5.70 Å². The van der Waals surface area contributed by atoms with Gasteiger partial charge in [0.15, 0.2) is 0 Å². The van der Waals surface area contributed by atoms with Crippen LogP contribution in [0.1, 0.15) is 27.0 Å². The van der Waals surface area contributed by atoms with Gasteiger partial charge in [-0.1, -0.05) is 48.5 Å². The minimum Gasteiger partial charge on any atom is -0.325 e. The van der Waals surface area contributed by atoms with Crippen LogP contribution in [0.15, 0.2) is 108 Å². The molecule has 3 amide bonds. The fraction of sp³-hybridized carbons (Fsp3) is 0.0938. The van der Waals surface area contributed by atoms with Crippen LogP contribution in [0, 0.1) is 24.0 Å². The van der Waals surface area contributed by atoms with E-state index in [-0.39, 0.29) is 28.6 Å². The second-order valence-electron chi connectivity index (χ2n) is 9.33. The summed E-state index contributed by atoms with van der Waals surface area (Å²) in [5.41, 5.74) is 3.27. The maximum atomic E-state index is 13.4. The normalized spacial score (nSPS) is 11.0. The van der Waals surface area contributed by atoms with Gasteiger partial charge < -0.3 is 16.0 Å².